The van der Waals surface area contributed by atoms with Crippen LogP contribution in [-0.4, -0.2) is 73.8 Å². The number of ether oxygens (including phenoxy) is 2. The van der Waals surface area contributed by atoms with Gasteiger partial charge in [0.25, 0.3) is 0 Å². The molecule has 2 aliphatic heterocycles. The summed E-state index contributed by atoms with van der Waals surface area (Å²) in [6, 6.07) is 8.49. The van der Waals surface area contributed by atoms with Gasteiger partial charge in [0.1, 0.15) is 12.4 Å². The summed E-state index contributed by atoms with van der Waals surface area (Å²) in [7, 11) is 0. The third-order valence-corrected chi connectivity index (χ3v) is 5.18. The molecule has 0 aromatic heterocycles. The van der Waals surface area contributed by atoms with Crippen LogP contribution in [0.4, 0.5) is 0 Å². The van der Waals surface area contributed by atoms with E-state index in [0.717, 1.165) is 51.7 Å². The summed E-state index contributed by atoms with van der Waals surface area (Å²) >= 11 is 2.05. The largest absolute Gasteiger partial charge is 0.492 e. The molecular formula is C17H26N2O2S. The molecule has 0 unspecified atom stereocenters. The predicted molar refractivity (Wildman–Crippen MR) is 91.8 cm³/mol. The second-order valence-corrected chi connectivity index (χ2v) is 7.02. The zero-order chi connectivity index (χ0) is 15.0. The molecule has 0 spiro atoms. The first-order valence-electron chi connectivity index (χ1n) is 8.23. The molecule has 0 bridgehead atoms. The number of benzene rings is 1. The zero-order valence-corrected chi connectivity index (χ0v) is 14.0. The van der Waals surface area contributed by atoms with Crippen LogP contribution in [0.2, 0.25) is 0 Å². The fraction of sp³-hybridized carbons (Fsp3) is 0.647. The number of hydrogen-bond donors (Lipinski definition) is 0. The van der Waals surface area contributed by atoms with Gasteiger partial charge in [-0.15, -0.1) is 0 Å². The van der Waals surface area contributed by atoms with E-state index < -0.39 is 0 Å². The van der Waals surface area contributed by atoms with Crippen molar-refractivity contribution < 1.29 is 9.47 Å². The molecule has 3 rings (SSSR count). The van der Waals surface area contributed by atoms with Gasteiger partial charge in [-0.2, -0.15) is 11.8 Å². The highest BCUT2D eigenvalue weighted by Crippen LogP contribution is 2.21. The van der Waals surface area contributed by atoms with Crippen molar-refractivity contribution in [1.82, 2.24) is 9.80 Å². The van der Waals surface area contributed by atoms with Gasteiger partial charge in [-0.3, -0.25) is 9.80 Å². The van der Waals surface area contributed by atoms with E-state index in [-0.39, 0.29) is 0 Å². The van der Waals surface area contributed by atoms with Crippen LogP contribution >= 0.6 is 11.8 Å². The van der Waals surface area contributed by atoms with Crippen LogP contribution in [0.5, 0.6) is 5.75 Å². The van der Waals surface area contributed by atoms with Crippen molar-refractivity contribution in [2.45, 2.75) is 6.54 Å². The molecule has 0 radical (unpaired) electrons. The topological polar surface area (TPSA) is 24.9 Å². The average Bonchev–Trinajstić information content (AvgIpc) is 2.58. The van der Waals surface area contributed by atoms with E-state index in [0.29, 0.717) is 0 Å². The molecule has 0 saturated carbocycles. The number of hydrogen-bond acceptors (Lipinski definition) is 5. The molecule has 1 aromatic carbocycles. The SMILES string of the molecule is c1ccc(OCCN2CCOCC2)c(CN2CCSCC2)c1. The number of nitrogens with zero attached hydrogens (tertiary/aromatic N) is 2. The first-order valence-corrected chi connectivity index (χ1v) is 9.38. The highest BCUT2D eigenvalue weighted by Gasteiger charge is 2.14. The van der Waals surface area contributed by atoms with Gasteiger partial charge in [0.2, 0.25) is 0 Å². The molecule has 2 aliphatic rings. The summed E-state index contributed by atoms with van der Waals surface area (Å²) < 4.78 is 11.4. The summed E-state index contributed by atoms with van der Waals surface area (Å²) in [5.74, 6) is 3.55. The Morgan fingerprint density at radius 3 is 2.59 bits per heavy atom. The van der Waals surface area contributed by atoms with E-state index in [2.05, 4.69) is 45.8 Å². The van der Waals surface area contributed by atoms with Gasteiger partial charge in [0, 0.05) is 56.3 Å². The molecular weight excluding hydrogens is 296 g/mol. The fourth-order valence-corrected chi connectivity index (χ4v) is 3.86. The molecule has 0 atom stereocenters. The maximum absolute atomic E-state index is 6.07. The van der Waals surface area contributed by atoms with Gasteiger partial charge in [-0.25, -0.2) is 0 Å². The Labute approximate surface area is 137 Å². The molecule has 0 N–H and O–H groups in total. The monoisotopic (exact) mass is 322 g/mol. The van der Waals surface area contributed by atoms with Gasteiger partial charge >= 0.3 is 0 Å². The van der Waals surface area contributed by atoms with Gasteiger partial charge in [0.05, 0.1) is 13.2 Å². The highest BCUT2D eigenvalue weighted by atomic mass is 32.2. The molecule has 4 nitrogen and oxygen atoms in total. The molecule has 0 amide bonds. The Morgan fingerprint density at radius 2 is 1.77 bits per heavy atom. The summed E-state index contributed by atoms with van der Waals surface area (Å²) in [5, 5.41) is 0. The molecule has 122 valence electrons. The van der Waals surface area contributed by atoms with Gasteiger partial charge in [0.15, 0.2) is 0 Å². The average molecular weight is 322 g/mol. The van der Waals surface area contributed by atoms with Crippen molar-refractivity contribution in [3.8, 4) is 5.75 Å². The Bertz CT molecular complexity index is 446. The zero-order valence-electron chi connectivity index (χ0n) is 13.2. The molecule has 2 fully saturated rings. The first kappa shape index (κ1) is 16.1. The second-order valence-electron chi connectivity index (χ2n) is 5.80. The number of para-hydroxylation sites is 1. The summed E-state index contributed by atoms with van der Waals surface area (Å²) in [4.78, 5) is 4.94. The van der Waals surface area contributed by atoms with Crippen molar-refractivity contribution in [2.75, 3.05) is 64.1 Å². The van der Waals surface area contributed by atoms with Crippen molar-refractivity contribution >= 4 is 11.8 Å². The minimum Gasteiger partial charge on any atom is -0.492 e. The van der Waals surface area contributed by atoms with E-state index in [1.165, 1.54) is 30.2 Å². The lowest BCUT2D eigenvalue weighted by molar-refractivity contribution is 0.0321. The van der Waals surface area contributed by atoms with Crippen molar-refractivity contribution in [3.63, 3.8) is 0 Å². The van der Waals surface area contributed by atoms with Gasteiger partial charge in [-0.05, 0) is 6.07 Å². The molecule has 1 aromatic rings. The van der Waals surface area contributed by atoms with Crippen LogP contribution in [0, 0.1) is 0 Å². The minimum absolute atomic E-state index is 0.757. The fourth-order valence-electron chi connectivity index (χ4n) is 2.88. The normalized spacial score (nSPS) is 20.9. The second kappa shape index (κ2) is 8.77. The molecule has 22 heavy (non-hydrogen) atoms. The van der Waals surface area contributed by atoms with Crippen LogP contribution in [0.25, 0.3) is 0 Å². The maximum atomic E-state index is 6.07. The number of thioether (sulfide) groups is 1. The molecule has 5 heteroatoms. The van der Waals surface area contributed by atoms with E-state index in [4.69, 9.17) is 9.47 Å². The van der Waals surface area contributed by atoms with E-state index in [9.17, 15) is 0 Å². The standard InChI is InChI=1S/C17H26N2O2S/c1-2-4-17(21-12-7-18-5-10-20-11-6-18)16(3-1)15-19-8-13-22-14-9-19/h1-4H,5-15H2. The quantitative estimate of drug-likeness (QED) is 0.797. The van der Waals surface area contributed by atoms with Crippen molar-refractivity contribution in [3.05, 3.63) is 29.8 Å². The Hall–Kier alpha value is -0.750. The van der Waals surface area contributed by atoms with Crippen LogP contribution in [0.3, 0.4) is 0 Å². The van der Waals surface area contributed by atoms with E-state index in [1.807, 2.05) is 0 Å². The van der Waals surface area contributed by atoms with Crippen LogP contribution in [0.15, 0.2) is 24.3 Å². The number of morpholine rings is 1. The lowest BCUT2D eigenvalue weighted by Gasteiger charge is -2.28. The van der Waals surface area contributed by atoms with Crippen LogP contribution in [-0.2, 0) is 11.3 Å². The van der Waals surface area contributed by atoms with Crippen LogP contribution in [0.1, 0.15) is 5.56 Å². The molecule has 2 heterocycles. The minimum atomic E-state index is 0.757. The van der Waals surface area contributed by atoms with E-state index in [1.54, 1.807) is 0 Å². The maximum Gasteiger partial charge on any atom is 0.123 e. The summed E-state index contributed by atoms with van der Waals surface area (Å²) in [6.07, 6.45) is 0. The highest BCUT2D eigenvalue weighted by molar-refractivity contribution is 7.99. The first-order chi connectivity index (χ1) is 10.9. The van der Waals surface area contributed by atoms with Crippen molar-refractivity contribution in [1.29, 1.82) is 0 Å². The summed E-state index contributed by atoms with van der Waals surface area (Å²) in [6.45, 7) is 8.87. The lowest BCUT2D eigenvalue weighted by atomic mass is 10.2. The lowest BCUT2D eigenvalue weighted by Crippen LogP contribution is -2.38. The third-order valence-electron chi connectivity index (χ3n) is 4.24. The summed E-state index contributed by atoms with van der Waals surface area (Å²) in [5.41, 5.74) is 1.32. The Kier molecular flexibility index (Phi) is 6.43. The number of rotatable bonds is 6. The van der Waals surface area contributed by atoms with Gasteiger partial charge in [-0.1, -0.05) is 18.2 Å². The van der Waals surface area contributed by atoms with Gasteiger partial charge < -0.3 is 9.47 Å². The smallest absolute Gasteiger partial charge is 0.123 e. The predicted octanol–water partition coefficient (Wildman–Crippen LogP) is 1.95. The van der Waals surface area contributed by atoms with Crippen LogP contribution < -0.4 is 4.74 Å². The molecule has 2 saturated heterocycles. The Morgan fingerprint density at radius 1 is 1.00 bits per heavy atom. The Balaban J connectivity index is 1.49. The van der Waals surface area contributed by atoms with E-state index >= 15 is 0 Å². The third kappa shape index (κ3) is 4.88. The van der Waals surface area contributed by atoms with Crippen molar-refractivity contribution in [2.24, 2.45) is 0 Å². The molecule has 0 aliphatic carbocycles.